The number of carbonyl (C=O) groups excluding carboxylic acids is 1. The Bertz CT molecular complexity index is 1390. The van der Waals surface area contributed by atoms with Gasteiger partial charge in [0.1, 0.15) is 5.82 Å². The van der Waals surface area contributed by atoms with Crippen LogP contribution in [0.3, 0.4) is 0 Å². The fourth-order valence-electron chi connectivity index (χ4n) is 3.94. The number of carboxylic acids is 1. The van der Waals surface area contributed by atoms with Crippen molar-refractivity contribution in [2.24, 2.45) is 0 Å². The highest BCUT2D eigenvalue weighted by Gasteiger charge is 2.38. The maximum absolute atomic E-state index is 13.2. The van der Waals surface area contributed by atoms with Crippen LogP contribution in [-0.2, 0) is 4.79 Å². The quantitative estimate of drug-likeness (QED) is 0.401. The van der Waals surface area contributed by atoms with Gasteiger partial charge in [-0.2, -0.15) is 18.3 Å². The lowest BCUT2D eigenvalue weighted by Gasteiger charge is -2.31. The van der Waals surface area contributed by atoms with Crippen LogP contribution in [-0.4, -0.2) is 60.7 Å². The summed E-state index contributed by atoms with van der Waals surface area (Å²) in [5.41, 5.74) is 3.39. The van der Waals surface area contributed by atoms with Crippen molar-refractivity contribution in [2.45, 2.75) is 24.9 Å². The molecule has 1 aromatic carbocycles. The van der Waals surface area contributed by atoms with Gasteiger partial charge in [-0.3, -0.25) is 9.78 Å². The number of hydrogen-bond acceptors (Lipinski definition) is 5. The predicted octanol–water partition coefficient (Wildman–Crippen LogP) is 4.58. The number of hydrogen-bond donors (Lipinski definition) is 1. The monoisotopic (exact) mass is 515 g/mol. The number of aromatic nitrogens is 4. The van der Waals surface area contributed by atoms with Crippen molar-refractivity contribution in [3.05, 3.63) is 84.3 Å². The van der Waals surface area contributed by atoms with Crippen molar-refractivity contribution < 1.29 is 32.3 Å². The van der Waals surface area contributed by atoms with Crippen LogP contribution in [0, 0.1) is 5.82 Å². The van der Waals surface area contributed by atoms with Crippen molar-refractivity contribution in [3.8, 4) is 11.1 Å². The number of carboxylic acid groups (broad SMARTS) is 1. The van der Waals surface area contributed by atoms with Crippen LogP contribution in [0.5, 0.6) is 0 Å². The minimum absolute atomic E-state index is 0.0763. The number of amides is 1. The zero-order chi connectivity index (χ0) is 26.6. The summed E-state index contributed by atoms with van der Waals surface area (Å²) in [7, 11) is 0. The average molecular weight is 515 g/mol. The molecule has 5 rings (SSSR count). The smallest absolute Gasteiger partial charge is 0.475 e. The first-order chi connectivity index (χ1) is 17.6. The summed E-state index contributed by atoms with van der Waals surface area (Å²) in [4.78, 5) is 32.3. The van der Waals surface area contributed by atoms with E-state index in [1.807, 2.05) is 35.4 Å². The lowest BCUT2D eigenvalue weighted by Crippen LogP contribution is -2.39. The second kappa shape index (κ2) is 10.7. The predicted molar refractivity (Wildman–Crippen MR) is 124 cm³/mol. The molecule has 0 saturated carbocycles. The number of rotatable bonds is 3. The minimum atomic E-state index is -5.08. The van der Waals surface area contributed by atoms with Gasteiger partial charge in [-0.25, -0.2) is 18.7 Å². The van der Waals surface area contributed by atoms with E-state index in [1.165, 1.54) is 24.3 Å². The van der Waals surface area contributed by atoms with Crippen LogP contribution < -0.4 is 0 Å². The van der Waals surface area contributed by atoms with Gasteiger partial charge in [0.05, 0.1) is 0 Å². The third kappa shape index (κ3) is 6.26. The van der Waals surface area contributed by atoms with E-state index in [1.54, 1.807) is 16.9 Å². The Morgan fingerprint density at radius 2 is 1.65 bits per heavy atom. The second-order valence-corrected chi connectivity index (χ2v) is 8.33. The Labute approximate surface area is 208 Å². The molecule has 1 aliphatic heterocycles. The molecule has 3 aromatic heterocycles. The van der Waals surface area contributed by atoms with Crippen molar-refractivity contribution in [3.63, 3.8) is 0 Å². The Morgan fingerprint density at radius 1 is 0.973 bits per heavy atom. The maximum atomic E-state index is 13.2. The number of likely N-dealkylation sites (tertiary alicyclic amines) is 1. The molecule has 1 unspecified atom stereocenters. The highest BCUT2D eigenvalue weighted by molar-refractivity contribution is 5.94. The molecule has 1 saturated heterocycles. The number of pyridine rings is 2. The molecule has 0 bridgehead atoms. The lowest BCUT2D eigenvalue weighted by atomic mass is 9.96. The van der Waals surface area contributed by atoms with E-state index in [0.717, 1.165) is 35.4 Å². The summed E-state index contributed by atoms with van der Waals surface area (Å²) in [5.74, 6) is -2.36. The van der Waals surface area contributed by atoms with Gasteiger partial charge in [0, 0.05) is 48.7 Å². The van der Waals surface area contributed by atoms with Crippen LogP contribution in [0.2, 0.25) is 0 Å². The molecule has 0 radical (unpaired) electrons. The highest BCUT2D eigenvalue weighted by atomic mass is 19.4. The molecular weight excluding hydrogens is 494 g/mol. The number of aliphatic carboxylic acids is 1. The summed E-state index contributed by atoms with van der Waals surface area (Å²) in [6.45, 7) is 1.25. The molecule has 37 heavy (non-hydrogen) atoms. The Morgan fingerprint density at radius 3 is 2.30 bits per heavy atom. The summed E-state index contributed by atoms with van der Waals surface area (Å²) in [6.07, 6.45) is 2.23. The van der Waals surface area contributed by atoms with E-state index in [-0.39, 0.29) is 17.6 Å². The van der Waals surface area contributed by atoms with Gasteiger partial charge >= 0.3 is 12.1 Å². The van der Waals surface area contributed by atoms with Gasteiger partial charge in [-0.05, 0) is 66.9 Å². The summed E-state index contributed by atoms with van der Waals surface area (Å²) < 4.78 is 46.7. The zero-order valence-electron chi connectivity index (χ0n) is 19.3. The first-order valence-corrected chi connectivity index (χ1v) is 11.2. The van der Waals surface area contributed by atoms with E-state index >= 15 is 0 Å². The molecule has 0 spiro atoms. The first kappa shape index (κ1) is 25.7. The molecule has 192 valence electrons. The van der Waals surface area contributed by atoms with Crippen LogP contribution in [0.25, 0.3) is 16.8 Å². The molecule has 0 aliphatic carbocycles. The van der Waals surface area contributed by atoms with E-state index in [4.69, 9.17) is 20.0 Å². The highest BCUT2D eigenvalue weighted by Crippen LogP contribution is 2.27. The second-order valence-electron chi connectivity index (χ2n) is 8.33. The Hall–Kier alpha value is -4.35. The number of benzene rings is 1. The molecule has 4 aromatic rings. The van der Waals surface area contributed by atoms with Crippen molar-refractivity contribution >= 4 is 17.5 Å². The topological polar surface area (TPSA) is 101 Å². The van der Waals surface area contributed by atoms with E-state index < -0.39 is 12.1 Å². The molecule has 1 aliphatic rings. The number of piperidine rings is 1. The van der Waals surface area contributed by atoms with Crippen molar-refractivity contribution in [1.29, 1.82) is 0 Å². The molecule has 8 nitrogen and oxygen atoms in total. The maximum Gasteiger partial charge on any atom is 0.490 e. The molecular formula is C25H21F4N5O3. The summed E-state index contributed by atoms with van der Waals surface area (Å²) in [6, 6.07) is 13.6. The molecule has 1 amide bonds. The summed E-state index contributed by atoms with van der Waals surface area (Å²) in [5, 5.41) is 11.8. The first-order valence-electron chi connectivity index (χ1n) is 11.2. The van der Waals surface area contributed by atoms with Gasteiger partial charge in [-0.1, -0.05) is 0 Å². The Balaban J connectivity index is 0.000000405. The third-order valence-corrected chi connectivity index (χ3v) is 5.77. The summed E-state index contributed by atoms with van der Waals surface area (Å²) >= 11 is 0. The molecule has 12 heteroatoms. The fourth-order valence-corrected chi connectivity index (χ4v) is 3.94. The standard InChI is InChI=1S/C23H20FN5O.C2HF3O2/c24-20-6-3-17(4-7-20)23(30)28-13-1-2-19(14-28)22-26-21-8-5-18(15-29(21)27-22)16-9-11-25-12-10-16;3-2(4,5)1(6)7/h3-12,15,19H,1-2,13-14H2;(H,6,7). The van der Waals surface area contributed by atoms with Gasteiger partial charge in [0.2, 0.25) is 0 Å². The molecule has 1 atom stereocenters. The average Bonchev–Trinajstić information content (AvgIpc) is 3.33. The van der Waals surface area contributed by atoms with Crippen LogP contribution in [0.1, 0.15) is 34.9 Å². The van der Waals surface area contributed by atoms with Gasteiger partial charge < -0.3 is 10.0 Å². The van der Waals surface area contributed by atoms with Gasteiger partial charge in [0.25, 0.3) is 5.91 Å². The van der Waals surface area contributed by atoms with E-state index in [2.05, 4.69) is 4.98 Å². The molecule has 1 N–H and O–H groups in total. The number of nitrogens with zero attached hydrogens (tertiary/aromatic N) is 5. The van der Waals surface area contributed by atoms with E-state index in [0.29, 0.717) is 18.7 Å². The largest absolute Gasteiger partial charge is 0.490 e. The third-order valence-electron chi connectivity index (χ3n) is 5.77. The SMILES string of the molecule is O=C(O)C(F)(F)F.O=C(c1ccc(F)cc1)N1CCCC(c2nc3ccc(-c4ccncc4)cn3n2)C1. The van der Waals surface area contributed by atoms with E-state index in [9.17, 15) is 22.4 Å². The lowest BCUT2D eigenvalue weighted by molar-refractivity contribution is -0.192. The number of fused-ring (bicyclic) bond motifs is 1. The van der Waals surface area contributed by atoms with Gasteiger partial charge in [-0.15, -0.1) is 0 Å². The van der Waals surface area contributed by atoms with Crippen LogP contribution in [0.15, 0.2) is 67.1 Å². The van der Waals surface area contributed by atoms with Crippen LogP contribution >= 0.6 is 0 Å². The van der Waals surface area contributed by atoms with Crippen molar-refractivity contribution in [1.82, 2.24) is 24.5 Å². The Kier molecular flexibility index (Phi) is 7.46. The van der Waals surface area contributed by atoms with Crippen LogP contribution in [0.4, 0.5) is 17.6 Å². The zero-order valence-corrected chi connectivity index (χ0v) is 19.3. The fraction of sp³-hybridized carbons (Fsp3) is 0.240. The molecule has 4 heterocycles. The van der Waals surface area contributed by atoms with Crippen molar-refractivity contribution in [2.75, 3.05) is 13.1 Å². The molecule has 1 fully saturated rings. The normalized spacial score (nSPS) is 15.7. The van der Waals surface area contributed by atoms with Gasteiger partial charge in [0.15, 0.2) is 11.5 Å². The number of carbonyl (C=O) groups is 2. The number of alkyl halides is 3. The minimum Gasteiger partial charge on any atom is -0.475 e. The number of halogens is 4.